The Bertz CT molecular complexity index is 750. The normalized spacial score (nSPS) is 17.9. The molecule has 1 aliphatic carbocycles. The number of aromatic nitrogens is 2. The standard InChI is InChI=1S/C16H15N3S/c1-3-11-4-2-8-17-16(11)14(5-1)19-12-6-7-13-15(9-12)20-10-18-13/h2,4,6-10,14,19H,1,3,5H2. The van der Waals surface area contributed by atoms with Crippen LogP contribution >= 0.6 is 11.3 Å². The fourth-order valence-electron chi connectivity index (χ4n) is 2.90. The molecule has 3 aromatic rings. The summed E-state index contributed by atoms with van der Waals surface area (Å²) in [5, 5.41) is 3.64. The molecule has 0 bridgehead atoms. The van der Waals surface area contributed by atoms with Crippen molar-refractivity contribution in [2.45, 2.75) is 25.3 Å². The monoisotopic (exact) mass is 281 g/mol. The second kappa shape index (κ2) is 4.87. The molecule has 1 aliphatic rings. The van der Waals surface area contributed by atoms with Crippen LogP contribution in [0, 0.1) is 0 Å². The van der Waals surface area contributed by atoms with Gasteiger partial charge in [0.1, 0.15) is 0 Å². The highest BCUT2D eigenvalue weighted by Gasteiger charge is 2.21. The summed E-state index contributed by atoms with van der Waals surface area (Å²) in [5.74, 6) is 0. The maximum atomic E-state index is 4.58. The van der Waals surface area contributed by atoms with Gasteiger partial charge in [-0.25, -0.2) is 4.98 Å². The molecule has 0 saturated heterocycles. The molecule has 100 valence electrons. The molecule has 1 aromatic carbocycles. The number of fused-ring (bicyclic) bond motifs is 2. The van der Waals surface area contributed by atoms with Crippen LogP contribution in [0.15, 0.2) is 42.0 Å². The Labute approximate surface area is 121 Å². The zero-order valence-corrected chi connectivity index (χ0v) is 11.9. The first-order valence-electron chi connectivity index (χ1n) is 6.94. The largest absolute Gasteiger partial charge is 0.377 e. The van der Waals surface area contributed by atoms with E-state index in [9.17, 15) is 0 Å². The summed E-state index contributed by atoms with van der Waals surface area (Å²) in [7, 11) is 0. The molecule has 4 heteroatoms. The molecule has 0 aliphatic heterocycles. The van der Waals surface area contributed by atoms with Crippen LogP contribution in [-0.4, -0.2) is 9.97 Å². The van der Waals surface area contributed by atoms with Crippen molar-refractivity contribution in [1.82, 2.24) is 9.97 Å². The number of hydrogen-bond acceptors (Lipinski definition) is 4. The lowest BCUT2D eigenvalue weighted by Gasteiger charge is -2.26. The van der Waals surface area contributed by atoms with E-state index < -0.39 is 0 Å². The van der Waals surface area contributed by atoms with Crippen LogP contribution in [0.25, 0.3) is 10.2 Å². The minimum Gasteiger partial charge on any atom is -0.377 e. The maximum Gasteiger partial charge on any atom is 0.0813 e. The molecule has 0 spiro atoms. The van der Waals surface area contributed by atoms with Crippen molar-refractivity contribution in [3.63, 3.8) is 0 Å². The smallest absolute Gasteiger partial charge is 0.0813 e. The van der Waals surface area contributed by atoms with Crippen molar-refractivity contribution in [1.29, 1.82) is 0 Å². The third-order valence-corrected chi connectivity index (χ3v) is 4.66. The summed E-state index contributed by atoms with van der Waals surface area (Å²) in [6.07, 6.45) is 5.41. The van der Waals surface area contributed by atoms with Gasteiger partial charge in [0.15, 0.2) is 0 Å². The summed E-state index contributed by atoms with van der Waals surface area (Å²) < 4.78 is 1.23. The lowest BCUT2D eigenvalue weighted by molar-refractivity contribution is 0.583. The van der Waals surface area contributed by atoms with Gasteiger partial charge in [-0.2, -0.15) is 0 Å². The molecule has 1 atom stereocenters. The molecular weight excluding hydrogens is 266 g/mol. The Morgan fingerprint density at radius 3 is 3.20 bits per heavy atom. The average molecular weight is 281 g/mol. The Morgan fingerprint density at radius 2 is 2.20 bits per heavy atom. The van der Waals surface area contributed by atoms with Crippen molar-refractivity contribution in [3.8, 4) is 0 Å². The molecule has 0 radical (unpaired) electrons. The first kappa shape index (κ1) is 11.9. The van der Waals surface area contributed by atoms with Crippen LogP contribution < -0.4 is 5.32 Å². The number of hydrogen-bond donors (Lipinski definition) is 1. The van der Waals surface area contributed by atoms with Gasteiger partial charge in [-0.05, 0) is 49.1 Å². The van der Waals surface area contributed by atoms with Crippen molar-refractivity contribution in [3.05, 3.63) is 53.3 Å². The van der Waals surface area contributed by atoms with Crippen molar-refractivity contribution >= 4 is 27.2 Å². The van der Waals surface area contributed by atoms with Gasteiger partial charge in [0.25, 0.3) is 0 Å². The van der Waals surface area contributed by atoms with E-state index in [1.807, 2.05) is 17.8 Å². The van der Waals surface area contributed by atoms with E-state index in [0.29, 0.717) is 6.04 Å². The summed E-state index contributed by atoms with van der Waals surface area (Å²) in [6.45, 7) is 0. The van der Waals surface area contributed by atoms with Gasteiger partial charge in [-0.15, -0.1) is 11.3 Å². The van der Waals surface area contributed by atoms with E-state index in [1.165, 1.54) is 22.4 Å². The van der Waals surface area contributed by atoms with E-state index in [0.717, 1.165) is 24.0 Å². The third kappa shape index (κ3) is 2.06. The van der Waals surface area contributed by atoms with Crippen LogP contribution in [-0.2, 0) is 6.42 Å². The summed E-state index contributed by atoms with van der Waals surface area (Å²) in [4.78, 5) is 8.90. The lowest BCUT2D eigenvalue weighted by Crippen LogP contribution is -2.18. The van der Waals surface area contributed by atoms with Crippen LogP contribution in [0.1, 0.15) is 30.1 Å². The van der Waals surface area contributed by atoms with Crippen LogP contribution in [0.2, 0.25) is 0 Å². The molecule has 1 N–H and O–H groups in total. The second-order valence-electron chi connectivity index (χ2n) is 5.17. The zero-order valence-electron chi connectivity index (χ0n) is 11.0. The molecule has 1 unspecified atom stereocenters. The highest BCUT2D eigenvalue weighted by molar-refractivity contribution is 7.16. The average Bonchev–Trinajstić information content (AvgIpc) is 2.95. The Balaban J connectivity index is 1.66. The minimum atomic E-state index is 0.324. The van der Waals surface area contributed by atoms with Gasteiger partial charge in [0.05, 0.1) is 27.5 Å². The molecule has 0 fully saturated rings. The Hall–Kier alpha value is -1.94. The van der Waals surface area contributed by atoms with Crippen molar-refractivity contribution in [2.24, 2.45) is 0 Å². The van der Waals surface area contributed by atoms with Gasteiger partial charge in [0, 0.05) is 11.9 Å². The van der Waals surface area contributed by atoms with E-state index in [2.05, 4.69) is 39.6 Å². The Morgan fingerprint density at radius 1 is 1.20 bits per heavy atom. The van der Waals surface area contributed by atoms with E-state index in [1.54, 1.807) is 11.3 Å². The predicted octanol–water partition coefficient (Wildman–Crippen LogP) is 4.18. The number of nitrogens with one attached hydrogen (secondary N) is 1. The second-order valence-corrected chi connectivity index (χ2v) is 6.06. The molecule has 2 heterocycles. The minimum absolute atomic E-state index is 0.324. The highest BCUT2D eigenvalue weighted by Crippen LogP contribution is 2.32. The molecule has 20 heavy (non-hydrogen) atoms. The molecule has 2 aromatic heterocycles. The topological polar surface area (TPSA) is 37.8 Å². The third-order valence-electron chi connectivity index (χ3n) is 3.87. The first-order chi connectivity index (χ1) is 9.90. The molecule has 0 saturated carbocycles. The number of thiazole rings is 1. The van der Waals surface area contributed by atoms with Crippen molar-refractivity contribution < 1.29 is 0 Å². The molecule has 3 nitrogen and oxygen atoms in total. The summed E-state index contributed by atoms with van der Waals surface area (Å²) in [5.41, 5.74) is 6.72. The predicted molar refractivity (Wildman–Crippen MR) is 83.2 cm³/mol. The fourth-order valence-corrected chi connectivity index (χ4v) is 3.61. The maximum absolute atomic E-state index is 4.58. The zero-order chi connectivity index (χ0) is 13.4. The van der Waals surface area contributed by atoms with E-state index >= 15 is 0 Å². The van der Waals surface area contributed by atoms with Crippen LogP contribution in [0.4, 0.5) is 5.69 Å². The summed E-state index contributed by atoms with van der Waals surface area (Å²) >= 11 is 1.68. The number of nitrogens with zero attached hydrogens (tertiary/aromatic N) is 2. The van der Waals surface area contributed by atoms with E-state index in [4.69, 9.17) is 0 Å². The van der Waals surface area contributed by atoms with Gasteiger partial charge in [-0.3, -0.25) is 4.98 Å². The number of pyridine rings is 1. The van der Waals surface area contributed by atoms with Crippen LogP contribution in [0.3, 0.4) is 0 Å². The van der Waals surface area contributed by atoms with Crippen molar-refractivity contribution in [2.75, 3.05) is 5.32 Å². The summed E-state index contributed by atoms with van der Waals surface area (Å²) in [6, 6.07) is 10.9. The fraction of sp³-hybridized carbons (Fsp3) is 0.250. The number of anilines is 1. The SMILES string of the molecule is c1cnc2c(c1)CCCC2Nc1ccc2ncsc2c1. The molecular formula is C16H15N3S. The first-order valence-corrected chi connectivity index (χ1v) is 7.82. The lowest BCUT2D eigenvalue weighted by atomic mass is 9.92. The van der Waals surface area contributed by atoms with Gasteiger partial charge >= 0.3 is 0 Å². The van der Waals surface area contributed by atoms with Gasteiger partial charge in [-0.1, -0.05) is 6.07 Å². The van der Waals surface area contributed by atoms with E-state index in [-0.39, 0.29) is 0 Å². The molecule has 0 amide bonds. The van der Waals surface area contributed by atoms with Crippen LogP contribution in [0.5, 0.6) is 0 Å². The van der Waals surface area contributed by atoms with Gasteiger partial charge in [0.2, 0.25) is 0 Å². The quantitative estimate of drug-likeness (QED) is 0.765. The highest BCUT2D eigenvalue weighted by atomic mass is 32.1. The molecule has 4 rings (SSSR count). The number of aryl methyl sites for hydroxylation is 1. The van der Waals surface area contributed by atoms with Gasteiger partial charge < -0.3 is 5.32 Å². The Kier molecular flexibility index (Phi) is 2.89. The number of rotatable bonds is 2. The number of benzene rings is 1.